The van der Waals surface area contributed by atoms with Gasteiger partial charge in [-0.3, -0.25) is 4.79 Å². The van der Waals surface area contributed by atoms with Gasteiger partial charge in [-0.1, -0.05) is 0 Å². The Balaban J connectivity index is 2.99. The lowest BCUT2D eigenvalue weighted by Gasteiger charge is -2.09. The third-order valence-corrected chi connectivity index (χ3v) is 2.02. The molecule has 0 N–H and O–H groups in total. The SMILES string of the molecule is CCOC(=O)C=Cc1cc(C=O)cc(OC(F)(F)F)c1. The van der Waals surface area contributed by atoms with E-state index < -0.39 is 18.1 Å². The summed E-state index contributed by atoms with van der Waals surface area (Å²) in [5, 5.41) is 0. The summed E-state index contributed by atoms with van der Waals surface area (Å²) < 4.78 is 44.7. The normalized spacial score (nSPS) is 11.4. The lowest BCUT2D eigenvalue weighted by atomic mass is 10.1. The number of esters is 1. The number of aldehydes is 1. The first kappa shape index (κ1) is 15.7. The fraction of sp³-hybridized carbons (Fsp3) is 0.231. The molecular weight excluding hydrogens is 277 g/mol. The number of halogens is 3. The highest BCUT2D eigenvalue weighted by molar-refractivity contribution is 5.87. The summed E-state index contributed by atoms with van der Waals surface area (Å²) in [5.74, 6) is -1.17. The standard InChI is InChI=1S/C13H11F3O4/c1-2-19-12(18)4-3-9-5-10(8-17)7-11(6-9)20-13(14,15)16/h3-8H,2H2,1H3. The van der Waals surface area contributed by atoms with Crippen LogP contribution in [-0.2, 0) is 9.53 Å². The largest absolute Gasteiger partial charge is 0.573 e. The van der Waals surface area contributed by atoms with E-state index in [1.165, 1.54) is 12.1 Å². The van der Waals surface area contributed by atoms with Crippen LogP contribution in [0.5, 0.6) is 5.75 Å². The van der Waals surface area contributed by atoms with Gasteiger partial charge >= 0.3 is 12.3 Å². The summed E-state index contributed by atoms with van der Waals surface area (Å²) in [5.41, 5.74) is 0.206. The number of alkyl halides is 3. The van der Waals surface area contributed by atoms with Crippen molar-refractivity contribution < 1.29 is 32.2 Å². The molecule has 0 saturated carbocycles. The van der Waals surface area contributed by atoms with Gasteiger partial charge in [0.25, 0.3) is 0 Å². The second kappa shape index (κ2) is 6.74. The predicted octanol–water partition coefficient (Wildman–Crippen LogP) is 2.97. The zero-order valence-electron chi connectivity index (χ0n) is 10.4. The van der Waals surface area contributed by atoms with Gasteiger partial charge in [-0.15, -0.1) is 13.2 Å². The van der Waals surface area contributed by atoms with Crippen LogP contribution in [0.2, 0.25) is 0 Å². The number of hydrogen-bond acceptors (Lipinski definition) is 4. The van der Waals surface area contributed by atoms with Crippen LogP contribution in [0.4, 0.5) is 13.2 Å². The molecule has 0 aliphatic heterocycles. The number of hydrogen-bond donors (Lipinski definition) is 0. The van der Waals surface area contributed by atoms with Gasteiger partial charge in [-0.2, -0.15) is 0 Å². The first-order chi connectivity index (χ1) is 9.34. The summed E-state index contributed by atoms with van der Waals surface area (Å²) in [6.45, 7) is 1.80. The molecule has 0 bridgehead atoms. The molecule has 0 aliphatic carbocycles. The quantitative estimate of drug-likeness (QED) is 0.475. The van der Waals surface area contributed by atoms with Crippen molar-refractivity contribution in [1.29, 1.82) is 0 Å². The number of benzene rings is 1. The number of ether oxygens (including phenoxy) is 2. The van der Waals surface area contributed by atoms with E-state index in [2.05, 4.69) is 9.47 Å². The van der Waals surface area contributed by atoms with Gasteiger partial charge < -0.3 is 9.47 Å². The highest BCUT2D eigenvalue weighted by Crippen LogP contribution is 2.25. The molecule has 0 aromatic heterocycles. The lowest BCUT2D eigenvalue weighted by molar-refractivity contribution is -0.274. The Kier molecular flexibility index (Phi) is 5.31. The van der Waals surface area contributed by atoms with E-state index in [9.17, 15) is 22.8 Å². The van der Waals surface area contributed by atoms with Gasteiger partial charge in [-0.05, 0) is 36.8 Å². The summed E-state index contributed by atoms with van der Waals surface area (Å²) in [4.78, 5) is 21.8. The Bertz CT molecular complexity index is 521. The molecule has 20 heavy (non-hydrogen) atoms. The second-order valence-electron chi connectivity index (χ2n) is 3.59. The smallest absolute Gasteiger partial charge is 0.463 e. The Labute approximate surface area is 112 Å². The molecule has 0 amide bonds. The van der Waals surface area contributed by atoms with Crippen LogP contribution in [-0.4, -0.2) is 25.2 Å². The third-order valence-electron chi connectivity index (χ3n) is 2.02. The van der Waals surface area contributed by atoms with Crippen molar-refractivity contribution >= 4 is 18.3 Å². The minimum atomic E-state index is -4.86. The zero-order chi connectivity index (χ0) is 15.2. The van der Waals surface area contributed by atoms with Crippen LogP contribution in [0, 0.1) is 0 Å². The maximum Gasteiger partial charge on any atom is 0.573 e. The molecule has 0 heterocycles. The van der Waals surface area contributed by atoms with Crippen molar-refractivity contribution in [2.45, 2.75) is 13.3 Å². The summed E-state index contributed by atoms with van der Waals surface area (Å²) >= 11 is 0. The number of carbonyl (C=O) groups excluding carboxylic acids is 2. The Hall–Kier alpha value is -2.31. The van der Waals surface area contributed by atoms with E-state index in [1.54, 1.807) is 6.92 Å². The van der Waals surface area contributed by atoms with Crippen molar-refractivity contribution in [1.82, 2.24) is 0 Å². The van der Waals surface area contributed by atoms with Gasteiger partial charge in [0.2, 0.25) is 0 Å². The number of carbonyl (C=O) groups is 2. The molecule has 0 fully saturated rings. The first-order valence-corrected chi connectivity index (χ1v) is 5.55. The average Bonchev–Trinajstić information content (AvgIpc) is 2.34. The molecule has 0 atom stereocenters. The fourth-order valence-corrected chi connectivity index (χ4v) is 1.36. The second-order valence-corrected chi connectivity index (χ2v) is 3.59. The van der Waals surface area contributed by atoms with Crippen LogP contribution in [0.3, 0.4) is 0 Å². The van der Waals surface area contributed by atoms with Crippen LogP contribution in [0.1, 0.15) is 22.8 Å². The highest BCUT2D eigenvalue weighted by atomic mass is 19.4. The highest BCUT2D eigenvalue weighted by Gasteiger charge is 2.31. The number of rotatable bonds is 5. The van der Waals surface area contributed by atoms with E-state index in [0.717, 1.165) is 18.2 Å². The van der Waals surface area contributed by atoms with E-state index >= 15 is 0 Å². The van der Waals surface area contributed by atoms with Crippen molar-refractivity contribution in [3.05, 3.63) is 35.4 Å². The van der Waals surface area contributed by atoms with Crippen molar-refractivity contribution in [3.63, 3.8) is 0 Å². The molecule has 0 saturated heterocycles. The Morgan fingerprint density at radius 3 is 2.45 bits per heavy atom. The van der Waals surface area contributed by atoms with Crippen molar-refractivity contribution in [2.24, 2.45) is 0 Å². The summed E-state index contributed by atoms with van der Waals surface area (Å²) in [6, 6.07) is 3.31. The third kappa shape index (κ3) is 5.55. The molecule has 4 nitrogen and oxygen atoms in total. The minimum absolute atomic E-state index is 0.00439. The van der Waals surface area contributed by atoms with Gasteiger partial charge in [-0.25, -0.2) is 4.79 Å². The van der Waals surface area contributed by atoms with Crippen LogP contribution in [0.25, 0.3) is 6.08 Å². The molecule has 0 aliphatic rings. The van der Waals surface area contributed by atoms with Crippen LogP contribution in [0.15, 0.2) is 24.3 Å². The zero-order valence-corrected chi connectivity index (χ0v) is 10.4. The fourth-order valence-electron chi connectivity index (χ4n) is 1.36. The molecule has 0 spiro atoms. The molecule has 1 aromatic rings. The molecule has 0 unspecified atom stereocenters. The summed E-state index contributed by atoms with van der Waals surface area (Å²) in [7, 11) is 0. The van der Waals surface area contributed by atoms with Crippen molar-refractivity contribution in [2.75, 3.05) is 6.61 Å². The van der Waals surface area contributed by atoms with Gasteiger partial charge in [0.1, 0.15) is 12.0 Å². The Morgan fingerprint density at radius 2 is 1.90 bits per heavy atom. The first-order valence-electron chi connectivity index (χ1n) is 5.55. The molecule has 7 heteroatoms. The molecular formula is C13H11F3O4. The maximum atomic E-state index is 12.1. The Morgan fingerprint density at radius 1 is 1.25 bits per heavy atom. The molecule has 108 valence electrons. The summed E-state index contributed by atoms with van der Waals surface area (Å²) in [6.07, 6.45) is -2.20. The van der Waals surface area contributed by atoms with E-state index in [0.29, 0.717) is 6.29 Å². The predicted molar refractivity (Wildman–Crippen MR) is 64.2 cm³/mol. The van der Waals surface area contributed by atoms with E-state index in [-0.39, 0.29) is 17.7 Å². The van der Waals surface area contributed by atoms with Gasteiger partial charge in [0.15, 0.2) is 0 Å². The molecule has 1 rings (SSSR count). The van der Waals surface area contributed by atoms with Crippen LogP contribution >= 0.6 is 0 Å². The lowest BCUT2D eigenvalue weighted by Crippen LogP contribution is -2.17. The van der Waals surface area contributed by atoms with Gasteiger partial charge in [0, 0.05) is 11.6 Å². The van der Waals surface area contributed by atoms with E-state index in [1.807, 2.05) is 0 Å². The molecule has 1 aromatic carbocycles. The topological polar surface area (TPSA) is 52.6 Å². The average molecular weight is 288 g/mol. The van der Waals surface area contributed by atoms with Gasteiger partial charge in [0.05, 0.1) is 6.61 Å². The monoisotopic (exact) mass is 288 g/mol. The van der Waals surface area contributed by atoms with Crippen molar-refractivity contribution in [3.8, 4) is 5.75 Å². The van der Waals surface area contributed by atoms with Crippen LogP contribution < -0.4 is 4.74 Å². The maximum absolute atomic E-state index is 12.1. The minimum Gasteiger partial charge on any atom is -0.463 e. The molecule has 0 radical (unpaired) electrons. The van der Waals surface area contributed by atoms with E-state index in [4.69, 9.17) is 0 Å².